The Balaban J connectivity index is 1.24. The molecule has 6 rings (SSSR count). The average molecular weight is 425 g/mol. The van der Waals surface area contributed by atoms with Crippen LogP contribution in [0.25, 0.3) is 22.6 Å². The van der Waals surface area contributed by atoms with Crippen LogP contribution in [0.3, 0.4) is 0 Å². The highest BCUT2D eigenvalue weighted by Crippen LogP contribution is 2.37. The minimum Gasteiger partial charge on any atom is -0.335 e. The van der Waals surface area contributed by atoms with Crippen LogP contribution in [0, 0.1) is 6.92 Å². The molecule has 0 radical (unpaired) electrons. The number of hydrogen-bond acceptors (Lipinski definition) is 5. The summed E-state index contributed by atoms with van der Waals surface area (Å²) in [4.78, 5) is 29.6. The fourth-order valence-electron chi connectivity index (χ4n) is 5.17. The maximum Gasteiger partial charge on any atom is 0.268 e. The van der Waals surface area contributed by atoms with Crippen LogP contribution in [0.15, 0.2) is 61.1 Å². The summed E-state index contributed by atoms with van der Waals surface area (Å²) in [7, 11) is 0. The number of piperidine rings is 1. The van der Waals surface area contributed by atoms with E-state index in [1.54, 1.807) is 6.20 Å². The number of fused-ring (bicyclic) bond motifs is 3. The van der Waals surface area contributed by atoms with Crippen molar-refractivity contribution in [2.45, 2.75) is 38.3 Å². The lowest BCUT2D eigenvalue weighted by Gasteiger charge is -2.28. The Morgan fingerprint density at radius 3 is 2.88 bits per heavy atom. The van der Waals surface area contributed by atoms with Gasteiger partial charge in [0.15, 0.2) is 5.65 Å². The highest BCUT2D eigenvalue weighted by Gasteiger charge is 2.47. The summed E-state index contributed by atoms with van der Waals surface area (Å²) in [6.45, 7) is 2.97. The van der Waals surface area contributed by atoms with E-state index >= 15 is 0 Å². The third-order valence-electron chi connectivity index (χ3n) is 6.69. The van der Waals surface area contributed by atoms with Gasteiger partial charge >= 0.3 is 0 Å². The molecule has 2 aliphatic heterocycles. The lowest BCUT2D eigenvalue weighted by atomic mass is 9.97. The third kappa shape index (κ3) is 3.17. The minimum atomic E-state index is 0.0909. The van der Waals surface area contributed by atoms with Gasteiger partial charge in [-0.05, 0) is 49.4 Å². The number of aryl methyl sites for hydroxylation is 1. The Bertz CT molecular complexity index is 1270. The first kappa shape index (κ1) is 19.1. The third-order valence-corrected chi connectivity index (χ3v) is 6.69. The van der Waals surface area contributed by atoms with Gasteiger partial charge < -0.3 is 4.98 Å². The smallest absolute Gasteiger partial charge is 0.268 e. The Hall–Kier alpha value is -3.58. The second-order valence-corrected chi connectivity index (χ2v) is 8.71. The number of carbonyl (C=O) groups is 1. The van der Waals surface area contributed by atoms with Crippen molar-refractivity contribution in [1.29, 1.82) is 0 Å². The highest BCUT2D eigenvalue weighted by molar-refractivity contribution is 5.95. The number of imidazole rings is 1. The number of nitrogens with one attached hydrogen (secondary N) is 1. The number of hydrogen-bond donors (Lipinski definition) is 1. The lowest BCUT2D eigenvalue weighted by Crippen LogP contribution is -2.42. The highest BCUT2D eigenvalue weighted by atomic mass is 16.2. The van der Waals surface area contributed by atoms with E-state index in [9.17, 15) is 4.79 Å². The number of rotatable bonds is 4. The zero-order valence-corrected chi connectivity index (χ0v) is 17.9. The summed E-state index contributed by atoms with van der Waals surface area (Å²) >= 11 is 0. The van der Waals surface area contributed by atoms with Gasteiger partial charge in [0.05, 0.1) is 12.2 Å². The predicted molar refractivity (Wildman–Crippen MR) is 122 cm³/mol. The molecule has 2 aliphatic rings. The van der Waals surface area contributed by atoms with Gasteiger partial charge in [-0.15, -0.1) is 0 Å². The van der Waals surface area contributed by atoms with Gasteiger partial charge in [0.2, 0.25) is 0 Å². The van der Waals surface area contributed by atoms with Crippen LogP contribution in [-0.2, 0) is 6.42 Å². The van der Waals surface area contributed by atoms with Crippen LogP contribution in [0.1, 0.15) is 34.3 Å². The van der Waals surface area contributed by atoms with Crippen molar-refractivity contribution in [2.24, 2.45) is 0 Å². The molecule has 2 bridgehead atoms. The van der Waals surface area contributed by atoms with Gasteiger partial charge in [-0.2, -0.15) is 0 Å². The van der Waals surface area contributed by atoms with Gasteiger partial charge in [0, 0.05) is 23.7 Å². The molecular formula is C25H24N6O. The number of benzene rings is 2. The van der Waals surface area contributed by atoms with Crippen molar-refractivity contribution < 1.29 is 4.79 Å². The molecule has 3 unspecified atom stereocenters. The molecule has 7 nitrogen and oxygen atoms in total. The van der Waals surface area contributed by atoms with E-state index in [1.165, 1.54) is 11.9 Å². The summed E-state index contributed by atoms with van der Waals surface area (Å²) in [5, 5.41) is 4.31. The number of carbonyl (C=O) groups excluding carboxylic acids is 1. The molecule has 1 N–H and O–H groups in total. The Morgan fingerprint density at radius 1 is 1.19 bits per heavy atom. The van der Waals surface area contributed by atoms with Crippen molar-refractivity contribution >= 4 is 17.1 Å². The van der Waals surface area contributed by atoms with Crippen LogP contribution >= 0.6 is 0 Å². The van der Waals surface area contributed by atoms with Crippen LogP contribution in [-0.4, -0.2) is 54.5 Å². The summed E-state index contributed by atoms with van der Waals surface area (Å²) in [5.74, 6) is 0.832. The molecule has 0 aliphatic carbocycles. The van der Waals surface area contributed by atoms with Crippen LogP contribution in [0.5, 0.6) is 0 Å². The Kier molecular flexibility index (Phi) is 4.50. The number of amides is 1. The van der Waals surface area contributed by atoms with Gasteiger partial charge in [0.25, 0.3) is 5.91 Å². The topological polar surface area (TPSA) is 78.0 Å². The first-order valence-electron chi connectivity index (χ1n) is 11.1. The molecule has 32 heavy (non-hydrogen) atoms. The van der Waals surface area contributed by atoms with E-state index in [0.29, 0.717) is 17.7 Å². The molecule has 160 valence electrons. The van der Waals surface area contributed by atoms with E-state index in [4.69, 9.17) is 0 Å². The number of nitrogens with zero attached hydrogens (tertiary/aromatic N) is 5. The van der Waals surface area contributed by atoms with E-state index in [2.05, 4.69) is 49.2 Å². The zero-order valence-electron chi connectivity index (χ0n) is 17.9. The van der Waals surface area contributed by atoms with Crippen molar-refractivity contribution in [1.82, 2.24) is 30.0 Å². The largest absolute Gasteiger partial charge is 0.335 e. The lowest BCUT2D eigenvalue weighted by molar-refractivity contribution is 0.0197. The van der Waals surface area contributed by atoms with E-state index in [0.717, 1.165) is 53.8 Å². The van der Waals surface area contributed by atoms with Crippen molar-refractivity contribution in [3.8, 4) is 11.4 Å². The monoisotopic (exact) mass is 424 g/mol. The summed E-state index contributed by atoms with van der Waals surface area (Å²) in [6.07, 6.45) is 6.28. The number of aromatic amines is 1. The molecule has 3 atom stereocenters. The van der Waals surface area contributed by atoms with Crippen molar-refractivity contribution in [3.63, 3.8) is 0 Å². The normalized spacial score (nSPS) is 22.0. The van der Waals surface area contributed by atoms with Crippen LogP contribution in [0.2, 0.25) is 0 Å². The number of hydrazine groups is 1. The van der Waals surface area contributed by atoms with Crippen molar-refractivity contribution in [2.75, 3.05) is 6.54 Å². The molecule has 2 fully saturated rings. The molecule has 4 aromatic rings. The standard InChI is InChI=1S/C25H24N6O/c1-16-11-18(7-8-21(16)23-28-22-14-26-15-27-24(22)29-23)25(32)31-19-9-10-30(31)20(13-19)12-17-5-3-2-4-6-17/h2-8,11,14-15,19-20H,9-10,12-13H2,1H3,(H,26,27,28,29). The van der Waals surface area contributed by atoms with Gasteiger partial charge in [-0.25, -0.2) is 20.0 Å². The Labute approximate surface area is 186 Å². The van der Waals surface area contributed by atoms with Gasteiger partial charge in [0.1, 0.15) is 17.7 Å². The second-order valence-electron chi connectivity index (χ2n) is 8.71. The van der Waals surface area contributed by atoms with Gasteiger partial charge in [-0.1, -0.05) is 36.4 Å². The second kappa shape index (κ2) is 7.53. The summed E-state index contributed by atoms with van der Waals surface area (Å²) in [5.41, 5.74) is 5.46. The zero-order chi connectivity index (χ0) is 21.7. The molecule has 2 saturated heterocycles. The molecule has 2 aromatic carbocycles. The number of H-pyrrole nitrogens is 1. The minimum absolute atomic E-state index is 0.0909. The molecule has 0 saturated carbocycles. The predicted octanol–water partition coefficient (Wildman–Crippen LogP) is 3.77. The van der Waals surface area contributed by atoms with E-state index in [-0.39, 0.29) is 5.91 Å². The quantitative estimate of drug-likeness (QED) is 0.540. The van der Waals surface area contributed by atoms with Gasteiger partial charge in [-0.3, -0.25) is 9.80 Å². The maximum absolute atomic E-state index is 13.5. The SMILES string of the molecule is Cc1cc(C(=O)N2C3CCN2C(Cc2ccccc2)C3)ccc1-c1nc2ncncc2[nH]1. The summed E-state index contributed by atoms with van der Waals surface area (Å²) in [6, 6.07) is 17.1. The molecule has 7 heteroatoms. The molecule has 2 aromatic heterocycles. The fourth-order valence-corrected chi connectivity index (χ4v) is 5.17. The molecule has 1 amide bonds. The fraction of sp³-hybridized carbons (Fsp3) is 0.280. The molecular weight excluding hydrogens is 400 g/mol. The molecule has 0 spiro atoms. The van der Waals surface area contributed by atoms with Crippen LogP contribution < -0.4 is 0 Å². The average Bonchev–Trinajstić information content (AvgIpc) is 3.51. The van der Waals surface area contributed by atoms with Crippen LogP contribution in [0.4, 0.5) is 0 Å². The molecule has 4 heterocycles. The Morgan fingerprint density at radius 2 is 2.06 bits per heavy atom. The first-order chi connectivity index (χ1) is 15.7. The summed E-state index contributed by atoms with van der Waals surface area (Å²) < 4.78 is 0. The first-order valence-corrected chi connectivity index (χ1v) is 11.1. The van der Waals surface area contributed by atoms with E-state index < -0.39 is 0 Å². The van der Waals surface area contributed by atoms with E-state index in [1.807, 2.05) is 36.2 Å². The van der Waals surface area contributed by atoms with Crippen molar-refractivity contribution in [3.05, 3.63) is 77.7 Å². The number of aromatic nitrogens is 4. The maximum atomic E-state index is 13.5.